The summed E-state index contributed by atoms with van der Waals surface area (Å²) in [5, 5.41) is 7.57. The summed E-state index contributed by atoms with van der Waals surface area (Å²) in [6, 6.07) is 2.76. The van der Waals surface area contributed by atoms with Crippen molar-refractivity contribution in [2.75, 3.05) is 0 Å². The van der Waals surface area contributed by atoms with Gasteiger partial charge in [0.1, 0.15) is 0 Å². The van der Waals surface area contributed by atoms with Crippen LogP contribution in [0, 0.1) is 0 Å². The molecule has 6 heteroatoms. The maximum absolute atomic E-state index is 11.0. The van der Waals surface area contributed by atoms with Gasteiger partial charge in [0.2, 0.25) is 17.3 Å². The molecule has 3 N–H and O–H groups in total. The fourth-order valence-corrected chi connectivity index (χ4v) is 1.11. The zero-order valence-electron chi connectivity index (χ0n) is 8.10. The van der Waals surface area contributed by atoms with Gasteiger partial charge in [-0.05, 0) is 13.0 Å². The van der Waals surface area contributed by atoms with Crippen molar-refractivity contribution in [1.29, 1.82) is 0 Å². The Morgan fingerprint density at radius 2 is 2.33 bits per heavy atom. The van der Waals surface area contributed by atoms with E-state index in [1.165, 1.54) is 12.3 Å². The lowest BCUT2D eigenvalue weighted by molar-refractivity contribution is 0.473. The summed E-state index contributed by atoms with van der Waals surface area (Å²) in [5.41, 5.74) is 5.94. The first-order valence-electron chi connectivity index (χ1n) is 4.45. The molecule has 6 nitrogen and oxygen atoms in total. The molecule has 0 radical (unpaired) electrons. The SMILES string of the molecule is CC(N)c1nnc(-c2cc[nH]c(=O)c2)o1. The van der Waals surface area contributed by atoms with Crippen LogP contribution in [0.25, 0.3) is 11.5 Å². The van der Waals surface area contributed by atoms with Crippen LogP contribution in [-0.2, 0) is 0 Å². The van der Waals surface area contributed by atoms with Gasteiger partial charge in [0.25, 0.3) is 0 Å². The molecule has 0 saturated heterocycles. The summed E-state index contributed by atoms with van der Waals surface area (Å²) < 4.78 is 5.29. The minimum atomic E-state index is -0.312. The number of hydrogen-bond donors (Lipinski definition) is 2. The highest BCUT2D eigenvalue weighted by Crippen LogP contribution is 2.17. The molecule has 0 saturated carbocycles. The van der Waals surface area contributed by atoms with Crippen LogP contribution in [0.1, 0.15) is 18.9 Å². The molecule has 0 aromatic carbocycles. The quantitative estimate of drug-likeness (QED) is 0.743. The monoisotopic (exact) mass is 206 g/mol. The van der Waals surface area contributed by atoms with E-state index in [0.717, 1.165) is 0 Å². The first-order chi connectivity index (χ1) is 7.16. The molecule has 78 valence electrons. The second-order valence-corrected chi connectivity index (χ2v) is 3.18. The average Bonchev–Trinajstić information content (AvgIpc) is 2.66. The molecule has 2 aromatic heterocycles. The van der Waals surface area contributed by atoms with Crippen LogP contribution in [0.4, 0.5) is 0 Å². The summed E-state index contributed by atoms with van der Waals surface area (Å²) in [6.07, 6.45) is 1.52. The van der Waals surface area contributed by atoms with Crippen molar-refractivity contribution in [3.05, 3.63) is 34.6 Å². The maximum Gasteiger partial charge on any atom is 0.248 e. The van der Waals surface area contributed by atoms with Crippen LogP contribution in [-0.4, -0.2) is 15.2 Å². The number of aromatic nitrogens is 3. The minimum absolute atomic E-state index is 0.215. The van der Waals surface area contributed by atoms with E-state index in [9.17, 15) is 4.79 Å². The Balaban J connectivity index is 2.41. The zero-order chi connectivity index (χ0) is 10.8. The van der Waals surface area contributed by atoms with Gasteiger partial charge >= 0.3 is 0 Å². The Morgan fingerprint density at radius 3 is 2.93 bits per heavy atom. The predicted octanol–water partition coefficient (Wildman–Crippen LogP) is 0.445. The van der Waals surface area contributed by atoms with Gasteiger partial charge in [-0.2, -0.15) is 0 Å². The largest absolute Gasteiger partial charge is 0.419 e. The van der Waals surface area contributed by atoms with Crippen molar-refractivity contribution >= 4 is 0 Å². The predicted molar refractivity (Wildman–Crippen MR) is 53.0 cm³/mol. The highest BCUT2D eigenvalue weighted by Gasteiger charge is 2.11. The van der Waals surface area contributed by atoms with Gasteiger partial charge in [-0.1, -0.05) is 0 Å². The molecule has 15 heavy (non-hydrogen) atoms. The molecular weight excluding hydrogens is 196 g/mol. The molecule has 0 aliphatic heterocycles. The van der Waals surface area contributed by atoms with Gasteiger partial charge < -0.3 is 15.1 Å². The molecular formula is C9H10N4O2. The molecule has 0 fully saturated rings. The lowest BCUT2D eigenvalue weighted by Gasteiger charge is -1.95. The van der Waals surface area contributed by atoms with Crippen molar-refractivity contribution in [3.63, 3.8) is 0 Å². The van der Waals surface area contributed by atoms with Crippen LogP contribution < -0.4 is 11.3 Å². The molecule has 2 heterocycles. The van der Waals surface area contributed by atoms with Gasteiger partial charge in [0, 0.05) is 17.8 Å². The zero-order valence-corrected chi connectivity index (χ0v) is 8.10. The van der Waals surface area contributed by atoms with E-state index in [2.05, 4.69) is 15.2 Å². The molecule has 0 amide bonds. The maximum atomic E-state index is 11.0. The summed E-state index contributed by atoms with van der Waals surface area (Å²) >= 11 is 0. The normalized spacial score (nSPS) is 12.7. The molecule has 0 aliphatic carbocycles. The third-order valence-corrected chi connectivity index (χ3v) is 1.85. The van der Waals surface area contributed by atoms with E-state index in [1.807, 2.05) is 0 Å². The first kappa shape index (κ1) is 9.60. The van der Waals surface area contributed by atoms with Gasteiger partial charge in [0.15, 0.2) is 0 Å². The van der Waals surface area contributed by atoms with Crippen molar-refractivity contribution in [2.24, 2.45) is 5.73 Å². The lowest BCUT2D eigenvalue weighted by Crippen LogP contribution is -2.04. The third-order valence-electron chi connectivity index (χ3n) is 1.85. The number of nitrogens with zero attached hydrogens (tertiary/aromatic N) is 2. The van der Waals surface area contributed by atoms with E-state index in [1.54, 1.807) is 13.0 Å². The van der Waals surface area contributed by atoms with Crippen molar-refractivity contribution in [3.8, 4) is 11.5 Å². The highest BCUT2D eigenvalue weighted by atomic mass is 16.4. The topological polar surface area (TPSA) is 97.8 Å². The third kappa shape index (κ3) is 1.94. The number of hydrogen-bond acceptors (Lipinski definition) is 5. The van der Waals surface area contributed by atoms with Crippen LogP contribution in [0.5, 0.6) is 0 Å². The lowest BCUT2D eigenvalue weighted by atomic mass is 10.3. The van der Waals surface area contributed by atoms with Crippen molar-refractivity contribution < 1.29 is 4.42 Å². The summed E-state index contributed by atoms with van der Waals surface area (Å²) in [6.45, 7) is 1.75. The van der Waals surface area contributed by atoms with Gasteiger partial charge in [-0.25, -0.2) is 0 Å². The number of nitrogens with one attached hydrogen (secondary N) is 1. The number of nitrogens with two attached hydrogens (primary N) is 1. The fourth-order valence-electron chi connectivity index (χ4n) is 1.11. The summed E-state index contributed by atoms with van der Waals surface area (Å²) in [4.78, 5) is 13.5. The fraction of sp³-hybridized carbons (Fsp3) is 0.222. The smallest absolute Gasteiger partial charge is 0.248 e. The van der Waals surface area contributed by atoms with Gasteiger partial charge in [0.05, 0.1) is 6.04 Å². The number of H-pyrrole nitrogens is 1. The van der Waals surface area contributed by atoms with Crippen LogP contribution in [0.2, 0.25) is 0 Å². The van der Waals surface area contributed by atoms with E-state index in [4.69, 9.17) is 10.2 Å². The molecule has 2 aromatic rings. The molecule has 0 bridgehead atoms. The Hall–Kier alpha value is -1.95. The minimum Gasteiger partial charge on any atom is -0.419 e. The molecule has 1 unspecified atom stereocenters. The number of rotatable bonds is 2. The highest BCUT2D eigenvalue weighted by molar-refractivity contribution is 5.50. The van der Waals surface area contributed by atoms with E-state index >= 15 is 0 Å². The second-order valence-electron chi connectivity index (χ2n) is 3.18. The Bertz CT molecular complexity index is 515. The Kier molecular flexibility index (Phi) is 2.34. The van der Waals surface area contributed by atoms with Crippen LogP contribution in [0.15, 0.2) is 27.5 Å². The second kappa shape index (κ2) is 3.66. The standard InChI is InChI=1S/C9H10N4O2/c1-5(10)8-12-13-9(15-8)6-2-3-11-7(14)4-6/h2-5H,10H2,1H3,(H,11,14). The molecule has 0 aliphatic rings. The Morgan fingerprint density at radius 1 is 1.53 bits per heavy atom. The number of pyridine rings is 1. The summed E-state index contributed by atoms with van der Waals surface area (Å²) in [7, 11) is 0. The summed E-state index contributed by atoms with van der Waals surface area (Å²) in [5.74, 6) is 0.652. The average molecular weight is 206 g/mol. The van der Waals surface area contributed by atoms with E-state index in [0.29, 0.717) is 17.3 Å². The van der Waals surface area contributed by atoms with Crippen molar-refractivity contribution in [2.45, 2.75) is 13.0 Å². The molecule has 2 rings (SSSR count). The molecule has 0 spiro atoms. The Labute approximate surface area is 85.1 Å². The number of aromatic amines is 1. The van der Waals surface area contributed by atoms with Gasteiger partial charge in [-0.3, -0.25) is 4.79 Å². The van der Waals surface area contributed by atoms with Crippen LogP contribution >= 0.6 is 0 Å². The van der Waals surface area contributed by atoms with Crippen LogP contribution in [0.3, 0.4) is 0 Å². The van der Waals surface area contributed by atoms with Crippen molar-refractivity contribution in [1.82, 2.24) is 15.2 Å². The first-order valence-corrected chi connectivity index (χ1v) is 4.45. The van der Waals surface area contributed by atoms with E-state index < -0.39 is 0 Å². The molecule has 1 atom stereocenters. The van der Waals surface area contributed by atoms with E-state index in [-0.39, 0.29) is 11.6 Å². The van der Waals surface area contributed by atoms with Gasteiger partial charge in [-0.15, -0.1) is 10.2 Å².